The smallest absolute Gasteiger partial charge is 0.316 e. The number of hydrogen-bond donors (Lipinski definition) is 2. The van der Waals surface area contributed by atoms with Crippen LogP contribution in [0.1, 0.15) is 6.92 Å². The van der Waals surface area contributed by atoms with Crippen molar-refractivity contribution in [3.8, 4) is 0 Å². The van der Waals surface area contributed by atoms with E-state index in [0.29, 0.717) is 13.1 Å². The van der Waals surface area contributed by atoms with Gasteiger partial charge in [0.1, 0.15) is 0 Å². The summed E-state index contributed by atoms with van der Waals surface area (Å²) in [5.74, 6) is -0.520. The standard InChI is InChI=1S/C6H15NO6S2/c1-2-7-3-5-14(8,9)6-4-13-15(10,11)12/h7H,2-6H2,1H3,(H,10,11,12). The van der Waals surface area contributed by atoms with Crippen LogP contribution in [0.2, 0.25) is 0 Å². The molecule has 0 aliphatic heterocycles. The van der Waals surface area contributed by atoms with E-state index >= 15 is 0 Å². The summed E-state index contributed by atoms with van der Waals surface area (Å²) in [4.78, 5) is 0. The third-order valence-corrected chi connectivity index (χ3v) is 3.55. The molecule has 0 aliphatic carbocycles. The third-order valence-electron chi connectivity index (χ3n) is 1.47. The monoisotopic (exact) mass is 261 g/mol. The number of rotatable bonds is 8. The van der Waals surface area contributed by atoms with Crippen LogP contribution in [0.25, 0.3) is 0 Å². The van der Waals surface area contributed by atoms with Gasteiger partial charge in [-0.1, -0.05) is 6.92 Å². The predicted octanol–water partition coefficient (Wildman–Crippen LogP) is -1.17. The van der Waals surface area contributed by atoms with Crippen LogP contribution in [0.5, 0.6) is 0 Å². The van der Waals surface area contributed by atoms with Crippen molar-refractivity contribution in [2.45, 2.75) is 6.92 Å². The maximum atomic E-state index is 11.2. The first-order valence-corrected chi connectivity index (χ1v) is 7.48. The van der Waals surface area contributed by atoms with Crippen LogP contribution < -0.4 is 5.32 Å². The summed E-state index contributed by atoms with van der Waals surface area (Å²) >= 11 is 0. The van der Waals surface area contributed by atoms with Gasteiger partial charge in [-0.25, -0.2) is 12.6 Å². The summed E-state index contributed by atoms with van der Waals surface area (Å²) in [6.45, 7) is 2.25. The molecule has 0 heterocycles. The molecule has 9 heteroatoms. The highest BCUT2D eigenvalue weighted by atomic mass is 32.3. The molecule has 0 aromatic carbocycles. The first kappa shape index (κ1) is 14.8. The molecule has 0 aliphatic rings. The molecule has 2 N–H and O–H groups in total. The van der Waals surface area contributed by atoms with Gasteiger partial charge in [0.15, 0.2) is 9.84 Å². The van der Waals surface area contributed by atoms with Crippen LogP contribution in [0, 0.1) is 0 Å². The molecule has 0 fully saturated rings. The zero-order valence-corrected chi connectivity index (χ0v) is 9.97. The van der Waals surface area contributed by atoms with Crippen LogP contribution >= 0.6 is 0 Å². The Labute approximate surface area is 89.7 Å². The summed E-state index contributed by atoms with van der Waals surface area (Å²) in [7, 11) is -7.89. The molecular formula is C6H15NO6S2. The lowest BCUT2D eigenvalue weighted by molar-refractivity contribution is 0.284. The van der Waals surface area contributed by atoms with Crippen molar-refractivity contribution in [1.82, 2.24) is 5.32 Å². The van der Waals surface area contributed by atoms with Crippen LogP contribution in [-0.4, -0.2) is 52.6 Å². The summed E-state index contributed by atoms with van der Waals surface area (Å²) in [6.07, 6.45) is 0. The first-order chi connectivity index (χ1) is 6.77. The second-order valence-corrected chi connectivity index (χ2v) is 6.15. The summed E-state index contributed by atoms with van der Waals surface area (Å²) in [5.41, 5.74) is 0. The zero-order chi connectivity index (χ0) is 11.9. The van der Waals surface area contributed by atoms with E-state index < -0.39 is 32.6 Å². The molecule has 15 heavy (non-hydrogen) atoms. The van der Waals surface area contributed by atoms with Gasteiger partial charge in [0.2, 0.25) is 0 Å². The van der Waals surface area contributed by atoms with E-state index in [0.717, 1.165) is 0 Å². The molecule has 0 aromatic heterocycles. The Bertz CT molecular complexity index is 359. The number of hydrogen-bond acceptors (Lipinski definition) is 6. The lowest BCUT2D eigenvalue weighted by Crippen LogP contribution is -2.26. The van der Waals surface area contributed by atoms with Crippen molar-refractivity contribution in [2.24, 2.45) is 0 Å². The summed E-state index contributed by atoms with van der Waals surface area (Å²) in [6, 6.07) is 0. The van der Waals surface area contributed by atoms with Gasteiger partial charge >= 0.3 is 10.4 Å². The van der Waals surface area contributed by atoms with Crippen molar-refractivity contribution in [2.75, 3.05) is 31.2 Å². The van der Waals surface area contributed by atoms with E-state index in [4.69, 9.17) is 4.55 Å². The van der Waals surface area contributed by atoms with E-state index in [-0.39, 0.29) is 5.75 Å². The van der Waals surface area contributed by atoms with Gasteiger partial charge in [0, 0.05) is 6.54 Å². The van der Waals surface area contributed by atoms with E-state index in [1.165, 1.54) is 0 Å². The molecule has 0 unspecified atom stereocenters. The Morgan fingerprint density at radius 3 is 2.27 bits per heavy atom. The number of nitrogens with one attached hydrogen (secondary N) is 1. The Hall–Kier alpha value is -0.220. The molecule has 0 spiro atoms. The number of sulfone groups is 1. The first-order valence-electron chi connectivity index (χ1n) is 4.30. The zero-order valence-electron chi connectivity index (χ0n) is 8.34. The highest BCUT2D eigenvalue weighted by Crippen LogP contribution is 1.93. The minimum atomic E-state index is -4.55. The Kier molecular flexibility index (Phi) is 6.29. The minimum absolute atomic E-state index is 0.0876. The maximum Gasteiger partial charge on any atom is 0.397 e. The quantitative estimate of drug-likeness (QED) is 0.418. The molecule has 92 valence electrons. The molecule has 0 bridgehead atoms. The normalized spacial score (nSPS) is 12.9. The molecule has 0 aromatic rings. The average Bonchev–Trinajstić information content (AvgIpc) is 2.01. The van der Waals surface area contributed by atoms with Crippen molar-refractivity contribution in [1.29, 1.82) is 0 Å². The molecule has 0 saturated carbocycles. The van der Waals surface area contributed by atoms with Crippen LogP contribution in [0.15, 0.2) is 0 Å². The third kappa shape index (κ3) is 10.1. The van der Waals surface area contributed by atoms with E-state index in [9.17, 15) is 16.8 Å². The fourth-order valence-electron chi connectivity index (χ4n) is 0.773. The van der Waals surface area contributed by atoms with E-state index in [1.54, 1.807) is 0 Å². The Morgan fingerprint density at radius 1 is 1.20 bits per heavy atom. The molecule has 0 radical (unpaired) electrons. The van der Waals surface area contributed by atoms with Gasteiger partial charge in [-0.2, -0.15) is 8.42 Å². The lowest BCUT2D eigenvalue weighted by atomic mass is 10.7. The molecule has 0 saturated heterocycles. The maximum absolute atomic E-state index is 11.2. The largest absolute Gasteiger partial charge is 0.397 e. The minimum Gasteiger partial charge on any atom is -0.316 e. The van der Waals surface area contributed by atoms with Crippen molar-refractivity contribution < 1.29 is 25.6 Å². The van der Waals surface area contributed by atoms with Crippen LogP contribution in [-0.2, 0) is 24.4 Å². The van der Waals surface area contributed by atoms with Gasteiger partial charge < -0.3 is 5.32 Å². The fourth-order valence-corrected chi connectivity index (χ4v) is 2.17. The molecule has 7 nitrogen and oxygen atoms in total. The summed E-state index contributed by atoms with van der Waals surface area (Å²) < 4.78 is 54.7. The summed E-state index contributed by atoms with van der Waals surface area (Å²) in [5, 5.41) is 2.82. The predicted molar refractivity (Wildman–Crippen MR) is 54.7 cm³/mol. The Morgan fingerprint density at radius 2 is 1.80 bits per heavy atom. The van der Waals surface area contributed by atoms with E-state index in [1.807, 2.05) is 6.92 Å². The lowest BCUT2D eigenvalue weighted by Gasteiger charge is -2.04. The molecular weight excluding hydrogens is 246 g/mol. The molecule has 0 rings (SSSR count). The fraction of sp³-hybridized carbons (Fsp3) is 1.00. The van der Waals surface area contributed by atoms with Gasteiger partial charge in [0.05, 0.1) is 18.1 Å². The van der Waals surface area contributed by atoms with Crippen molar-refractivity contribution >= 4 is 20.2 Å². The van der Waals surface area contributed by atoms with Crippen LogP contribution in [0.4, 0.5) is 0 Å². The van der Waals surface area contributed by atoms with E-state index in [2.05, 4.69) is 9.50 Å². The molecule has 0 amide bonds. The van der Waals surface area contributed by atoms with Gasteiger partial charge in [-0.15, -0.1) is 0 Å². The Balaban J connectivity index is 3.85. The van der Waals surface area contributed by atoms with Gasteiger partial charge in [-0.3, -0.25) is 4.55 Å². The SMILES string of the molecule is CCNCCS(=O)(=O)CCOS(=O)(=O)O. The van der Waals surface area contributed by atoms with Crippen molar-refractivity contribution in [3.63, 3.8) is 0 Å². The van der Waals surface area contributed by atoms with Gasteiger partial charge in [0.25, 0.3) is 0 Å². The average molecular weight is 261 g/mol. The highest BCUT2D eigenvalue weighted by molar-refractivity contribution is 7.91. The highest BCUT2D eigenvalue weighted by Gasteiger charge is 2.12. The van der Waals surface area contributed by atoms with Gasteiger partial charge in [-0.05, 0) is 6.54 Å². The second-order valence-electron chi connectivity index (χ2n) is 2.76. The topological polar surface area (TPSA) is 110 Å². The molecule has 0 atom stereocenters. The van der Waals surface area contributed by atoms with Crippen molar-refractivity contribution in [3.05, 3.63) is 0 Å². The second kappa shape index (κ2) is 6.38. The van der Waals surface area contributed by atoms with Crippen LogP contribution in [0.3, 0.4) is 0 Å².